The topological polar surface area (TPSA) is 120 Å². The Morgan fingerprint density at radius 1 is 1.14 bits per heavy atom. The summed E-state index contributed by atoms with van der Waals surface area (Å²) in [6, 6.07) is 6.15. The van der Waals surface area contributed by atoms with Gasteiger partial charge in [0.05, 0.1) is 30.0 Å². The molecule has 0 unspecified atom stereocenters. The Morgan fingerprint density at radius 2 is 1.75 bits per heavy atom. The third-order valence-electron chi connectivity index (χ3n) is 5.06. The second kappa shape index (κ2) is 13.2. The Hall–Kier alpha value is -2.46. The molecule has 9 nitrogen and oxygen atoms in total. The Balaban J connectivity index is 0.00000106. The number of amides is 1. The van der Waals surface area contributed by atoms with Gasteiger partial charge in [-0.25, -0.2) is 13.2 Å². The van der Waals surface area contributed by atoms with Crippen molar-refractivity contribution >= 4 is 45.8 Å². The summed E-state index contributed by atoms with van der Waals surface area (Å²) in [6.45, 7) is 1.57. The minimum Gasteiger partial charge on any atom is -0.481 e. The van der Waals surface area contributed by atoms with Crippen molar-refractivity contribution in [2.75, 3.05) is 45.7 Å². The van der Waals surface area contributed by atoms with E-state index in [4.69, 9.17) is 19.4 Å². The fourth-order valence-corrected chi connectivity index (χ4v) is 3.81. The van der Waals surface area contributed by atoms with Gasteiger partial charge in [0.25, 0.3) is 11.9 Å². The smallest absolute Gasteiger partial charge is 0.300 e. The van der Waals surface area contributed by atoms with Crippen molar-refractivity contribution < 1.29 is 42.4 Å². The molecule has 1 amide bonds. The lowest BCUT2D eigenvalue weighted by molar-refractivity contribution is -0.134. The van der Waals surface area contributed by atoms with Gasteiger partial charge in [-0.2, -0.15) is 0 Å². The number of anilines is 2. The Labute approximate surface area is 219 Å². The molecular formula is C23H27F3IN3O6. The molecule has 4 N–H and O–H groups in total. The van der Waals surface area contributed by atoms with Crippen LogP contribution in [0.25, 0.3) is 0 Å². The fourth-order valence-electron chi connectivity index (χ4n) is 3.35. The van der Waals surface area contributed by atoms with Gasteiger partial charge in [0.2, 0.25) is 0 Å². The van der Waals surface area contributed by atoms with Crippen LogP contribution < -0.4 is 10.6 Å². The highest BCUT2D eigenvalue weighted by atomic mass is 127. The maximum absolute atomic E-state index is 14.6. The number of carbonyl (C=O) groups excluding carboxylic acids is 1. The highest BCUT2D eigenvalue weighted by molar-refractivity contribution is 14.1. The molecular weight excluding hydrogens is 598 g/mol. The number of aliphatic hydroxyl groups is 1. The maximum atomic E-state index is 14.6. The summed E-state index contributed by atoms with van der Waals surface area (Å²) in [5, 5.41) is 23.5. The number of rotatable bonds is 9. The van der Waals surface area contributed by atoms with Crippen LogP contribution in [0.3, 0.4) is 0 Å². The third-order valence-corrected chi connectivity index (χ3v) is 5.74. The highest BCUT2D eigenvalue weighted by Gasteiger charge is 2.44. The molecule has 1 saturated heterocycles. The van der Waals surface area contributed by atoms with Gasteiger partial charge in [-0.15, -0.1) is 0 Å². The van der Waals surface area contributed by atoms with Gasteiger partial charge in [-0.3, -0.25) is 9.59 Å². The van der Waals surface area contributed by atoms with E-state index >= 15 is 0 Å². The number of carboxylic acids is 1. The predicted molar refractivity (Wildman–Crippen MR) is 134 cm³/mol. The van der Waals surface area contributed by atoms with Crippen LogP contribution in [-0.4, -0.2) is 79.3 Å². The largest absolute Gasteiger partial charge is 0.481 e. The number of hydrogen-bond donors (Lipinski definition) is 4. The molecule has 1 heterocycles. The molecule has 0 atom stereocenters. The third kappa shape index (κ3) is 8.03. The molecule has 198 valence electrons. The van der Waals surface area contributed by atoms with Crippen LogP contribution in [0.1, 0.15) is 17.3 Å². The van der Waals surface area contributed by atoms with Crippen molar-refractivity contribution in [3.05, 3.63) is 56.9 Å². The zero-order valence-electron chi connectivity index (χ0n) is 19.8. The van der Waals surface area contributed by atoms with Crippen molar-refractivity contribution in [1.82, 2.24) is 10.2 Å². The van der Waals surface area contributed by atoms with Crippen LogP contribution in [0.2, 0.25) is 0 Å². The molecule has 2 aromatic carbocycles. The summed E-state index contributed by atoms with van der Waals surface area (Å²) in [5.41, 5.74) is -1.92. The van der Waals surface area contributed by atoms with E-state index in [2.05, 4.69) is 10.6 Å². The summed E-state index contributed by atoms with van der Waals surface area (Å²) >= 11 is 1.92. The van der Waals surface area contributed by atoms with Gasteiger partial charge in [-0.1, -0.05) is 0 Å². The summed E-state index contributed by atoms with van der Waals surface area (Å²) in [4.78, 5) is 23.2. The highest BCUT2D eigenvalue weighted by Crippen LogP contribution is 2.31. The Morgan fingerprint density at radius 3 is 2.31 bits per heavy atom. The Bertz CT molecular complexity index is 1080. The number of likely N-dealkylation sites (tertiary alicyclic amines) is 1. The molecule has 3 rings (SSSR count). The molecule has 36 heavy (non-hydrogen) atoms. The molecule has 0 saturated carbocycles. The number of β-amino-alcohol motifs (C(OH)–C–C–N with tert-alkyl or cyclic N) is 1. The normalized spacial score (nSPS) is 14.1. The zero-order valence-corrected chi connectivity index (χ0v) is 21.9. The molecule has 2 aromatic rings. The van der Waals surface area contributed by atoms with Gasteiger partial charge < -0.3 is 35.2 Å². The van der Waals surface area contributed by atoms with Crippen molar-refractivity contribution in [2.45, 2.75) is 18.8 Å². The van der Waals surface area contributed by atoms with Gasteiger partial charge in [-0.05, 0) is 52.9 Å². The van der Waals surface area contributed by atoms with E-state index in [9.17, 15) is 23.1 Å². The first-order chi connectivity index (χ1) is 16.9. The van der Waals surface area contributed by atoms with Gasteiger partial charge in [0.15, 0.2) is 17.9 Å². The summed E-state index contributed by atoms with van der Waals surface area (Å²) in [7, 11) is 2.98. The summed E-state index contributed by atoms with van der Waals surface area (Å²) < 4.78 is 53.4. The Kier molecular flexibility index (Phi) is 10.9. The fraction of sp³-hybridized carbons (Fsp3) is 0.391. The van der Waals surface area contributed by atoms with E-state index in [1.54, 1.807) is 6.07 Å². The van der Waals surface area contributed by atoms with E-state index in [1.165, 1.54) is 31.3 Å². The van der Waals surface area contributed by atoms with Crippen LogP contribution in [0.15, 0.2) is 30.3 Å². The molecule has 0 aliphatic carbocycles. The molecule has 0 spiro atoms. The van der Waals surface area contributed by atoms with E-state index in [0.717, 1.165) is 19.1 Å². The van der Waals surface area contributed by atoms with Crippen molar-refractivity contribution in [1.29, 1.82) is 0 Å². The molecule has 1 aliphatic rings. The number of ether oxygens (including phenoxy) is 2. The van der Waals surface area contributed by atoms with Gasteiger partial charge in [0.1, 0.15) is 11.4 Å². The first-order valence-electron chi connectivity index (χ1n) is 10.6. The molecule has 1 aliphatic heterocycles. The molecule has 0 aromatic heterocycles. The number of nitrogens with zero attached hydrogens (tertiary/aromatic N) is 1. The van der Waals surface area contributed by atoms with Crippen molar-refractivity contribution in [3.63, 3.8) is 0 Å². The van der Waals surface area contributed by atoms with Crippen LogP contribution in [0, 0.1) is 21.0 Å². The number of carbonyl (C=O) groups is 2. The number of methoxy groups -OCH3 is 2. The number of carboxylic acid groups (broad SMARTS) is 1. The number of hydrogen-bond acceptors (Lipinski definition) is 7. The van der Waals surface area contributed by atoms with Crippen LogP contribution in [0.5, 0.6) is 0 Å². The van der Waals surface area contributed by atoms with E-state index in [1.807, 2.05) is 22.6 Å². The molecule has 0 radical (unpaired) electrons. The van der Waals surface area contributed by atoms with Crippen molar-refractivity contribution in [2.24, 2.45) is 0 Å². The van der Waals surface area contributed by atoms with E-state index < -0.39 is 46.9 Å². The molecule has 0 bridgehead atoms. The van der Waals surface area contributed by atoms with Crippen LogP contribution >= 0.6 is 22.6 Å². The summed E-state index contributed by atoms with van der Waals surface area (Å²) in [5.74, 6) is -4.59. The maximum Gasteiger partial charge on any atom is 0.300 e. The average molecular weight is 625 g/mol. The van der Waals surface area contributed by atoms with Crippen LogP contribution in [0.4, 0.5) is 24.5 Å². The van der Waals surface area contributed by atoms with Crippen LogP contribution in [-0.2, 0) is 14.3 Å². The molecule has 13 heteroatoms. The number of benzene rings is 2. The second-order valence-electron chi connectivity index (χ2n) is 7.97. The monoisotopic (exact) mass is 625 g/mol. The minimum absolute atomic E-state index is 0.0141. The van der Waals surface area contributed by atoms with Gasteiger partial charge >= 0.3 is 0 Å². The lowest BCUT2D eigenvalue weighted by Gasteiger charge is -2.46. The van der Waals surface area contributed by atoms with Crippen molar-refractivity contribution in [3.8, 4) is 0 Å². The lowest BCUT2D eigenvalue weighted by atomic mass is 9.92. The summed E-state index contributed by atoms with van der Waals surface area (Å²) in [6.07, 6.45) is -0.478. The SMILES string of the molecule is CC(=O)O.COC(CNCC1(O)CN(C(=O)c2ccc(F)c(F)c2Nc2ccc(I)cc2F)C1)OC. The lowest BCUT2D eigenvalue weighted by Crippen LogP contribution is -2.67. The van der Waals surface area contributed by atoms with E-state index in [0.29, 0.717) is 10.1 Å². The first kappa shape index (κ1) is 29.8. The predicted octanol–water partition coefficient (Wildman–Crippen LogP) is 2.94. The number of aliphatic carboxylic acids is 1. The zero-order chi connectivity index (χ0) is 27.0. The van der Waals surface area contributed by atoms with Gasteiger partial charge in [0, 0.05) is 37.8 Å². The minimum atomic E-state index is -1.29. The average Bonchev–Trinajstić information content (AvgIpc) is 2.79. The number of halogens is 4. The second-order valence-corrected chi connectivity index (χ2v) is 9.22. The molecule has 1 fully saturated rings. The standard InChI is InChI=1S/C21H23F3IN3O4.C2H4O2/c1-31-17(32-2)8-26-9-21(30)10-28(11-21)20(29)13-4-5-14(22)18(24)19(13)27-16-6-3-12(25)7-15(16)23;1-2(3)4/h3-7,17,26-27,30H,8-11H2,1-2H3;1H3,(H,3,4). The quantitative estimate of drug-likeness (QED) is 0.248. The number of nitrogens with one attached hydrogen (secondary N) is 2. The first-order valence-corrected chi connectivity index (χ1v) is 11.7. The van der Waals surface area contributed by atoms with E-state index in [-0.39, 0.29) is 30.9 Å².